The largest absolute Gasteiger partial charge is 0.396 e. The first kappa shape index (κ1) is 23.4. The molecule has 1 heterocycles. The van der Waals surface area contributed by atoms with Crippen LogP contribution in [0.1, 0.15) is 23.2 Å². The van der Waals surface area contributed by atoms with Gasteiger partial charge in [0.05, 0.1) is 47.0 Å². The number of fused-ring (bicyclic) bond motifs is 1. The van der Waals surface area contributed by atoms with Crippen molar-refractivity contribution in [2.45, 2.75) is 19.4 Å². The minimum atomic E-state index is -0.718. The number of aryl methyl sites for hydroxylation is 1. The van der Waals surface area contributed by atoms with Gasteiger partial charge in [-0.15, -0.1) is 0 Å². The fourth-order valence-electron chi connectivity index (χ4n) is 2.97. The topological polar surface area (TPSA) is 109 Å². The Morgan fingerprint density at radius 2 is 2.06 bits per heavy atom. The lowest BCUT2D eigenvalue weighted by Crippen LogP contribution is -2.26. The van der Waals surface area contributed by atoms with Gasteiger partial charge in [-0.3, -0.25) is 9.63 Å². The number of unbranched alkanes of at least 4 members (excludes halogenated alkanes) is 1. The lowest BCUT2D eigenvalue weighted by atomic mass is 10.1. The Bertz CT molecular complexity index is 1080. The van der Waals surface area contributed by atoms with Crippen LogP contribution in [0.3, 0.4) is 0 Å². The minimum absolute atomic E-state index is 0.0224. The molecule has 0 bridgehead atoms. The van der Waals surface area contributed by atoms with E-state index in [1.54, 1.807) is 22.8 Å². The summed E-state index contributed by atoms with van der Waals surface area (Å²) in [7, 11) is 0. The average Bonchev–Trinajstić information content (AvgIpc) is 3.15. The molecule has 2 aromatic carbocycles. The zero-order valence-electron chi connectivity index (χ0n) is 16.4. The molecule has 0 aliphatic rings. The molecule has 0 atom stereocenters. The summed E-state index contributed by atoms with van der Waals surface area (Å²) in [5.41, 5.74) is 2.98. The average molecular weight is 516 g/mol. The fraction of sp³-hybridized carbons (Fsp3) is 0.300. The number of nitrogens with zero attached hydrogens (tertiary/aromatic N) is 2. The number of nitrogens with one attached hydrogen (secondary N) is 2. The van der Waals surface area contributed by atoms with Crippen molar-refractivity contribution in [3.63, 3.8) is 0 Å². The molecule has 11 heteroatoms. The number of imidazole rings is 1. The van der Waals surface area contributed by atoms with E-state index in [2.05, 4.69) is 31.7 Å². The quantitative estimate of drug-likeness (QED) is 0.242. The number of hydrogen-bond donors (Lipinski definition) is 4. The number of aliphatic hydroxyl groups excluding tert-OH is 2. The third kappa shape index (κ3) is 5.52. The summed E-state index contributed by atoms with van der Waals surface area (Å²) in [4.78, 5) is 21.8. The van der Waals surface area contributed by atoms with Crippen LogP contribution >= 0.6 is 27.5 Å². The molecule has 0 fully saturated rings. The highest BCUT2D eigenvalue weighted by Crippen LogP contribution is 2.34. The highest BCUT2D eigenvalue weighted by molar-refractivity contribution is 9.10. The second-order valence-electron chi connectivity index (χ2n) is 6.60. The van der Waals surface area contributed by atoms with Crippen molar-refractivity contribution in [2.24, 2.45) is 0 Å². The SMILES string of the molecule is O=C(NOCCO)c1cc2c(ncn2CCCCO)c(F)c1Nc1ccc(Br)cc1Cl. The normalized spacial score (nSPS) is 11.1. The van der Waals surface area contributed by atoms with Crippen molar-refractivity contribution in [3.8, 4) is 0 Å². The van der Waals surface area contributed by atoms with Crippen LogP contribution in [0.5, 0.6) is 0 Å². The summed E-state index contributed by atoms with van der Waals surface area (Å²) >= 11 is 9.57. The predicted octanol–water partition coefficient (Wildman–Crippen LogP) is 3.76. The van der Waals surface area contributed by atoms with Gasteiger partial charge in [-0.1, -0.05) is 27.5 Å². The highest BCUT2D eigenvalue weighted by Gasteiger charge is 2.22. The van der Waals surface area contributed by atoms with Gasteiger partial charge in [-0.2, -0.15) is 0 Å². The van der Waals surface area contributed by atoms with Gasteiger partial charge in [-0.25, -0.2) is 14.9 Å². The molecule has 166 valence electrons. The molecule has 1 amide bonds. The van der Waals surface area contributed by atoms with E-state index in [4.69, 9.17) is 26.7 Å². The van der Waals surface area contributed by atoms with E-state index < -0.39 is 11.7 Å². The first-order chi connectivity index (χ1) is 15.0. The second-order valence-corrected chi connectivity index (χ2v) is 7.92. The summed E-state index contributed by atoms with van der Waals surface area (Å²) in [5.74, 6) is -1.42. The molecule has 0 saturated heterocycles. The number of hydroxylamine groups is 1. The summed E-state index contributed by atoms with van der Waals surface area (Å²) in [6.07, 6.45) is 2.75. The van der Waals surface area contributed by atoms with Crippen LogP contribution in [-0.2, 0) is 11.4 Å². The number of amides is 1. The molecule has 8 nitrogen and oxygen atoms in total. The molecular formula is C20H21BrClFN4O4. The van der Waals surface area contributed by atoms with Crippen molar-refractivity contribution in [2.75, 3.05) is 25.1 Å². The van der Waals surface area contributed by atoms with E-state index in [0.717, 1.165) is 4.47 Å². The van der Waals surface area contributed by atoms with Crippen molar-refractivity contribution in [1.29, 1.82) is 0 Å². The van der Waals surface area contributed by atoms with E-state index in [1.165, 1.54) is 12.4 Å². The third-order valence-electron chi connectivity index (χ3n) is 4.46. The van der Waals surface area contributed by atoms with E-state index in [9.17, 15) is 4.79 Å². The summed E-state index contributed by atoms with van der Waals surface area (Å²) in [5, 5.41) is 21.1. The van der Waals surface area contributed by atoms with Crippen molar-refractivity contribution in [3.05, 3.63) is 51.5 Å². The van der Waals surface area contributed by atoms with E-state index >= 15 is 4.39 Å². The lowest BCUT2D eigenvalue weighted by molar-refractivity contribution is 0.0169. The maximum atomic E-state index is 15.5. The number of halogens is 3. The minimum Gasteiger partial charge on any atom is -0.396 e. The Morgan fingerprint density at radius 1 is 1.26 bits per heavy atom. The van der Waals surface area contributed by atoms with Gasteiger partial charge in [0.2, 0.25) is 0 Å². The maximum absolute atomic E-state index is 15.5. The van der Waals surface area contributed by atoms with Gasteiger partial charge in [0.15, 0.2) is 5.82 Å². The van der Waals surface area contributed by atoms with Gasteiger partial charge >= 0.3 is 0 Å². The first-order valence-electron chi connectivity index (χ1n) is 9.49. The first-order valence-corrected chi connectivity index (χ1v) is 10.7. The third-order valence-corrected chi connectivity index (χ3v) is 5.26. The van der Waals surface area contributed by atoms with Crippen molar-refractivity contribution >= 4 is 55.8 Å². The Morgan fingerprint density at radius 3 is 2.77 bits per heavy atom. The van der Waals surface area contributed by atoms with Gasteiger partial charge < -0.3 is 20.1 Å². The Labute approximate surface area is 191 Å². The van der Waals surface area contributed by atoms with Gasteiger partial charge in [0, 0.05) is 17.6 Å². The Balaban J connectivity index is 2.06. The summed E-state index contributed by atoms with van der Waals surface area (Å²) in [6, 6.07) is 6.52. The molecule has 31 heavy (non-hydrogen) atoms. The number of carbonyl (C=O) groups is 1. The van der Waals surface area contributed by atoms with Crippen molar-refractivity contribution in [1.82, 2.24) is 15.0 Å². The monoisotopic (exact) mass is 514 g/mol. The van der Waals surface area contributed by atoms with Gasteiger partial charge in [-0.05, 0) is 37.1 Å². The van der Waals surface area contributed by atoms with E-state index in [0.29, 0.717) is 35.6 Å². The number of anilines is 2. The molecule has 0 unspecified atom stereocenters. The number of aromatic nitrogens is 2. The molecular weight excluding hydrogens is 495 g/mol. The second kappa shape index (κ2) is 10.9. The van der Waals surface area contributed by atoms with Gasteiger partial charge in [0.25, 0.3) is 5.91 Å². The molecule has 0 radical (unpaired) electrons. The summed E-state index contributed by atoms with van der Waals surface area (Å²) < 4.78 is 17.9. The van der Waals surface area contributed by atoms with Crippen LogP contribution in [-0.4, -0.2) is 45.5 Å². The molecule has 4 N–H and O–H groups in total. The molecule has 3 rings (SSSR count). The smallest absolute Gasteiger partial charge is 0.277 e. The van der Waals surface area contributed by atoms with Crippen LogP contribution in [0, 0.1) is 5.82 Å². The zero-order chi connectivity index (χ0) is 22.4. The van der Waals surface area contributed by atoms with Crippen LogP contribution in [0.15, 0.2) is 35.1 Å². The molecule has 0 aliphatic heterocycles. The molecule has 0 aliphatic carbocycles. The molecule has 0 spiro atoms. The lowest BCUT2D eigenvalue weighted by Gasteiger charge is -2.15. The Hall–Kier alpha value is -2.24. The van der Waals surface area contributed by atoms with Crippen molar-refractivity contribution < 1.29 is 24.2 Å². The standard InChI is InChI=1S/C20H21BrClFN4O4/c21-12-3-4-15(14(22)9-12)25-18-13(20(30)26-31-8-7-29)10-16-19(17(18)23)24-11-27(16)5-1-2-6-28/h3-4,9-11,25,28-29H,1-2,5-8H2,(H,26,30). The van der Waals surface area contributed by atoms with Crippen LogP contribution < -0.4 is 10.8 Å². The molecule has 3 aromatic rings. The van der Waals surface area contributed by atoms with E-state index in [-0.39, 0.29) is 36.6 Å². The highest BCUT2D eigenvalue weighted by atomic mass is 79.9. The summed E-state index contributed by atoms with van der Waals surface area (Å²) in [6.45, 7) is 0.157. The van der Waals surface area contributed by atoms with E-state index in [1.807, 2.05) is 0 Å². The van der Waals surface area contributed by atoms with Gasteiger partial charge in [0.1, 0.15) is 5.52 Å². The number of benzene rings is 2. The van der Waals surface area contributed by atoms with Crippen LogP contribution in [0.25, 0.3) is 11.0 Å². The van der Waals surface area contributed by atoms with Crippen LogP contribution in [0.4, 0.5) is 15.8 Å². The molecule has 0 saturated carbocycles. The number of aliphatic hydroxyl groups is 2. The van der Waals surface area contributed by atoms with Crippen LogP contribution in [0.2, 0.25) is 5.02 Å². The molecule has 1 aromatic heterocycles. The predicted molar refractivity (Wildman–Crippen MR) is 119 cm³/mol. The Kier molecular flexibility index (Phi) is 8.22. The number of hydrogen-bond acceptors (Lipinski definition) is 6. The zero-order valence-corrected chi connectivity index (χ0v) is 18.7. The number of rotatable bonds is 10. The number of carbonyl (C=O) groups excluding carboxylic acids is 1. The maximum Gasteiger partial charge on any atom is 0.277 e. The fourth-order valence-corrected chi connectivity index (χ4v) is 3.69.